The van der Waals surface area contributed by atoms with Crippen molar-refractivity contribution in [3.05, 3.63) is 95.8 Å². The summed E-state index contributed by atoms with van der Waals surface area (Å²) in [4.78, 5) is 17.5. The highest BCUT2D eigenvalue weighted by Gasteiger charge is 2.27. The normalized spacial score (nSPS) is 15.5. The summed E-state index contributed by atoms with van der Waals surface area (Å²) in [7, 11) is 0. The number of hydrogen-bond donors (Lipinski definition) is 2. The van der Waals surface area contributed by atoms with Crippen molar-refractivity contribution in [3.8, 4) is 11.5 Å². The lowest BCUT2D eigenvalue weighted by atomic mass is 10.0. The highest BCUT2D eigenvalue weighted by atomic mass is 19.1. The molecule has 1 atom stereocenters. The lowest BCUT2D eigenvalue weighted by molar-refractivity contribution is -0.116. The molecule has 5 rings (SSSR count). The third-order valence-corrected chi connectivity index (χ3v) is 4.77. The van der Waals surface area contributed by atoms with E-state index in [1.54, 1.807) is 0 Å². The number of fused-ring (bicyclic) bond motifs is 1. The quantitative estimate of drug-likeness (QED) is 0.525. The van der Waals surface area contributed by atoms with Gasteiger partial charge in [0, 0.05) is 16.7 Å². The third kappa shape index (κ3) is 3.78. The van der Waals surface area contributed by atoms with Crippen LogP contribution in [0.2, 0.25) is 0 Å². The number of benzene rings is 3. The minimum absolute atomic E-state index is 0.0293. The van der Waals surface area contributed by atoms with Crippen LogP contribution >= 0.6 is 0 Å². The molecular formula is C23H16FN5O2. The maximum atomic E-state index is 13.1. The Morgan fingerprint density at radius 1 is 0.871 bits per heavy atom. The zero-order valence-electron chi connectivity index (χ0n) is 16.1. The Morgan fingerprint density at radius 2 is 1.61 bits per heavy atom. The van der Waals surface area contributed by atoms with Crippen molar-refractivity contribution in [2.75, 3.05) is 10.6 Å². The monoisotopic (exact) mass is 413 g/mol. The van der Waals surface area contributed by atoms with Crippen LogP contribution in [0.15, 0.2) is 88.3 Å². The van der Waals surface area contributed by atoms with Gasteiger partial charge in [-0.2, -0.15) is 0 Å². The van der Waals surface area contributed by atoms with Gasteiger partial charge in [0.15, 0.2) is 0 Å². The summed E-state index contributed by atoms with van der Waals surface area (Å²) < 4.78 is 18.8. The summed E-state index contributed by atoms with van der Waals surface area (Å²) in [5.41, 5.74) is 3.56. The first-order chi connectivity index (χ1) is 15.2. The zero-order chi connectivity index (χ0) is 21.2. The van der Waals surface area contributed by atoms with Crippen LogP contribution in [0.5, 0.6) is 0 Å². The van der Waals surface area contributed by atoms with Crippen LogP contribution in [0.4, 0.5) is 16.1 Å². The van der Waals surface area contributed by atoms with Gasteiger partial charge in [0.2, 0.25) is 12.1 Å². The molecule has 4 aromatic rings. The summed E-state index contributed by atoms with van der Waals surface area (Å²) in [6.45, 7) is 0. The summed E-state index contributed by atoms with van der Waals surface area (Å²) >= 11 is 0. The molecule has 7 nitrogen and oxygen atoms in total. The maximum absolute atomic E-state index is 13.1. The van der Waals surface area contributed by atoms with Gasteiger partial charge >= 0.3 is 6.01 Å². The molecule has 0 radical (unpaired) electrons. The van der Waals surface area contributed by atoms with E-state index in [0.29, 0.717) is 17.0 Å². The molecule has 2 N–H and O–H groups in total. The van der Waals surface area contributed by atoms with Gasteiger partial charge in [0.1, 0.15) is 5.82 Å². The number of hydrogen-bond acceptors (Lipinski definition) is 6. The molecule has 8 heteroatoms. The maximum Gasteiger partial charge on any atom is 0.317 e. The fourth-order valence-corrected chi connectivity index (χ4v) is 3.29. The predicted molar refractivity (Wildman–Crippen MR) is 114 cm³/mol. The molecule has 31 heavy (non-hydrogen) atoms. The number of para-hydroxylation sites is 1. The molecule has 0 aliphatic carbocycles. The highest BCUT2D eigenvalue weighted by molar-refractivity contribution is 6.19. The Bertz CT molecular complexity index is 1270. The van der Waals surface area contributed by atoms with Crippen LogP contribution in [-0.4, -0.2) is 28.0 Å². The Morgan fingerprint density at radius 3 is 2.42 bits per heavy atom. The van der Waals surface area contributed by atoms with Crippen molar-refractivity contribution in [2.45, 2.75) is 6.17 Å². The van der Waals surface area contributed by atoms with Crippen molar-refractivity contribution in [2.24, 2.45) is 4.99 Å². The van der Waals surface area contributed by atoms with Gasteiger partial charge in [0.25, 0.3) is 5.91 Å². The van der Waals surface area contributed by atoms with Crippen LogP contribution in [0.3, 0.4) is 0 Å². The molecular weight excluding hydrogens is 397 g/mol. The fourth-order valence-electron chi connectivity index (χ4n) is 3.29. The molecule has 3 aromatic carbocycles. The van der Waals surface area contributed by atoms with Crippen molar-refractivity contribution < 1.29 is 13.6 Å². The minimum Gasteiger partial charge on any atom is -0.403 e. The number of aliphatic imine (C=N–C) groups is 1. The number of amides is 1. The molecule has 0 fully saturated rings. The largest absolute Gasteiger partial charge is 0.403 e. The standard InChI is InChI=1S/C23H16FN5O2/c24-16-12-10-15(11-13-16)22-28-29-23(31-22)27-20-21(30)25-18-9-5-4-8-17(18)19(26-20)14-6-2-1-3-7-14/h1-13,20H,(H,25,30)(H,27,29)/t20-/m0/s1. The molecule has 0 bridgehead atoms. The number of aromatic nitrogens is 2. The highest BCUT2D eigenvalue weighted by Crippen LogP contribution is 2.25. The average Bonchev–Trinajstić information content (AvgIpc) is 3.21. The molecule has 1 aliphatic heterocycles. The number of benzodiazepines with no additional fused rings is 1. The molecule has 0 unspecified atom stereocenters. The van der Waals surface area contributed by atoms with Gasteiger partial charge in [-0.15, -0.1) is 5.10 Å². The number of carbonyl (C=O) groups is 1. The smallest absolute Gasteiger partial charge is 0.317 e. The van der Waals surface area contributed by atoms with Crippen LogP contribution < -0.4 is 10.6 Å². The molecule has 2 heterocycles. The second kappa shape index (κ2) is 7.83. The third-order valence-electron chi connectivity index (χ3n) is 4.77. The molecule has 1 aromatic heterocycles. The summed E-state index contributed by atoms with van der Waals surface area (Å²) in [5.74, 6) is -0.522. The number of carbonyl (C=O) groups excluding carboxylic acids is 1. The number of nitrogens with zero attached hydrogens (tertiary/aromatic N) is 3. The van der Waals surface area contributed by atoms with Gasteiger partial charge in [-0.05, 0) is 30.3 Å². The summed E-state index contributed by atoms with van der Waals surface area (Å²) in [5, 5.41) is 13.7. The average molecular weight is 413 g/mol. The number of halogens is 1. The first-order valence-electron chi connectivity index (χ1n) is 9.57. The van der Waals surface area contributed by atoms with Crippen LogP contribution in [0.25, 0.3) is 11.5 Å². The van der Waals surface area contributed by atoms with E-state index >= 15 is 0 Å². The SMILES string of the molecule is O=C1Nc2ccccc2C(c2ccccc2)=N[C@H]1Nc1nnc(-c2ccc(F)cc2)o1. The van der Waals surface area contributed by atoms with Crippen LogP contribution in [0, 0.1) is 5.82 Å². The van der Waals surface area contributed by atoms with E-state index in [1.807, 2.05) is 54.6 Å². The van der Waals surface area contributed by atoms with E-state index in [2.05, 4.69) is 25.8 Å². The van der Waals surface area contributed by atoms with E-state index in [4.69, 9.17) is 4.42 Å². The summed E-state index contributed by atoms with van der Waals surface area (Å²) in [6, 6.07) is 22.8. The van der Waals surface area contributed by atoms with Crippen LogP contribution in [0.1, 0.15) is 11.1 Å². The van der Waals surface area contributed by atoms with E-state index in [1.165, 1.54) is 24.3 Å². The van der Waals surface area contributed by atoms with Crippen molar-refractivity contribution in [1.82, 2.24) is 10.2 Å². The van der Waals surface area contributed by atoms with E-state index in [0.717, 1.165) is 11.1 Å². The predicted octanol–water partition coefficient (Wildman–Crippen LogP) is 4.10. The first-order valence-corrected chi connectivity index (χ1v) is 9.57. The minimum atomic E-state index is -0.996. The molecule has 0 saturated carbocycles. The van der Waals surface area contributed by atoms with Gasteiger partial charge in [-0.3, -0.25) is 4.79 Å². The second-order valence-electron chi connectivity index (χ2n) is 6.84. The first kappa shape index (κ1) is 18.7. The fraction of sp³-hybridized carbons (Fsp3) is 0.0435. The molecule has 1 aliphatic rings. The summed E-state index contributed by atoms with van der Waals surface area (Å²) in [6.07, 6.45) is -0.996. The van der Waals surface area contributed by atoms with E-state index in [9.17, 15) is 9.18 Å². The Labute approximate surface area is 176 Å². The number of rotatable bonds is 4. The van der Waals surface area contributed by atoms with Gasteiger partial charge in [-0.1, -0.05) is 53.6 Å². The lowest BCUT2D eigenvalue weighted by Crippen LogP contribution is -2.32. The molecule has 152 valence electrons. The Balaban J connectivity index is 1.49. The second-order valence-corrected chi connectivity index (χ2v) is 6.84. The zero-order valence-corrected chi connectivity index (χ0v) is 16.1. The van der Waals surface area contributed by atoms with Gasteiger partial charge < -0.3 is 15.1 Å². The molecule has 1 amide bonds. The van der Waals surface area contributed by atoms with Crippen molar-refractivity contribution in [1.29, 1.82) is 0 Å². The van der Waals surface area contributed by atoms with E-state index in [-0.39, 0.29) is 23.6 Å². The number of nitrogens with one attached hydrogen (secondary N) is 2. The van der Waals surface area contributed by atoms with Gasteiger partial charge in [-0.25, -0.2) is 9.38 Å². The Hall–Kier alpha value is -4.33. The number of anilines is 2. The lowest BCUT2D eigenvalue weighted by Gasteiger charge is -2.11. The van der Waals surface area contributed by atoms with E-state index < -0.39 is 6.17 Å². The topological polar surface area (TPSA) is 92.4 Å². The van der Waals surface area contributed by atoms with Crippen molar-refractivity contribution in [3.63, 3.8) is 0 Å². The molecule has 0 spiro atoms. The van der Waals surface area contributed by atoms with Gasteiger partial charge in [0.05, 0.1) is 11.4 Å². The molecule has 0 saturated heterocycles. The van der Waals surface area contributed by atoms with Crippen LogP contribution in [-0.2, 0) is 4.79 Å². The Kier molecular flexibility index (Phi) is 4.72. The van der Waals surface area contributed by atoms with Crippen molar-refractivity contribution >= 4 is 23.3 Å².